The van der Waals surface area contributed by atoms with Crippen molar-refractivity contribution < 1.29 is 4.79 Å². The van der Waals surface area contributed by atoms with Gasteiger partial charge in [-0.2, -0.15) is 9.98 Å². The van der Waals surface area contributed by atoms with E-state index in [1.54, 1.807) is 19.0 Å². The zero-order chi connectivity index (χ0) is 9.30. The monoisotopic (exact) mass is 169 g/mol. The van der Waals surface area contributed by atoms with Crippen LogP contribution in [0.2, 0.25) is 0 Å². The van der Waals surface area contributed by atoms with Crippen LogP contribution >= 0.6 is 0 Å². The molecule has 1 heterocycles. The van der Waals surface area contributed by atoms with Gasteiger partial charge in [0, 0.05) is 14.1 Å². The molecule has 1 unspecified atom stereocenters. The summed E-state index contributed by atoms with van der Waals surface area (Å²) in [6.45, 7) is 0. The lowest BCUT2D eigenvalue weighted by molar-refractivity contribution is -0.117. The van der Waals surface area contributed by atoms with Crippen molar-refractivity contribution in [2.45, 2.75) is 6.04 Å². The van der Waals surface area contributed by atoms with Gasteiger partial charge in [0.25, 0.3) is 5.91 Å². The van der Waals surface area contributed by atoms with Gasteiger partial charge in [0.1, 0.15) is 11.9 Å². The van der Waals surface area contributed by atoms with Gasteiger partial charge in [-0.05, 0) is 0 Å². The average molecular weight is 169 g/mol. The predicted octanol–water partition coefficient (Wildman–Crippen LogP) is -1.87. The Bertz CT molecular complexity index is 267. The second-order valence-corrected chi connectivity index (χ2v) is 2.66. The number of guanidine groups is 1. The largest absolute Gasteiger partial charge is 0.385 e. The van der Waals surface area contributed by atoms with E-state index in [0.717, 1.165) is 0 Å². The number of nitrogens with two attached hydrogens (primary N) is 2. The molecule has 0 aromatic heterocycles. The van der Waals surface area contributed by atoms with E-state index >= 15 is 0 Å². The molecule has 1 atom stereocenters. The molecule has 6 nitrogen and oxygen atoms in total. The second kappa shape index (κ2) is 2.90. The molecule has 0 aromatic rings. The van der Waals surface area contributed by atoms with Crippen molar-refractivity contribution in [3.8, 4) is 0 Å². The summed E-state index contributed by atoms with van der Waals surface area (Å²) in [6.07, 6.45) is 0. The van der Waals surface area contributed by atoms with Crippen molar-refractivity contribution in [2.75, 3.05) is 14.1 Å². The maximum atomic E-state index is 11.0. The maximum Gasteiger partial charge on any atom is 0.273 e. The number of nitrogens with zero attached hydrogens (tertiary/aromatic N) is 3. The van der Waals surface area contributed by atoms with E-state index in [1.165, 1.54) is 0 Å². The highest BCUT2D eigenvalue weighted by molar-refractivity contribution is 6.16. The zero-order valence-electron chi connectivity index (χ0n) is 6.98. The third-order valence-electron chi connectivity index (χ3n) is 1.42. The van der Waals surface area contributed by atoms with Gasteiger partial charge < -0.3 is 16.4 Å². The second-order valence-electron chi connectivity index (χ2n) is 2.66. The molecule has 0 fully saturated rings. The fourth-order valence-corrected chi connectivity index (χ4v) is 0.705. The minimum absolute atomic E-state index is 0.110. The Hall–Kier alpha value is -1.43. The molecule has 12 heavy (non-hydrogen) atoms. The van der Waals surface area contributed by atoms with Gasteiger partial charge in [-0.15, -0.1) is 0 Å². The Balaban J connectivity index is 2.95. The molecule has 0 aliphatic carbocycles. The smallest absolute Gasteiger partial charge is 0.273 e. The number of aliphatic imine (C=N–C) groups is 2. The van der Waals surface area contributed by atoms with Crippen molar-refractivity contribution in [3.05, 3.63) is 0 Å². The molecular weight excluding hydrogens is 158 g/mol. The SMILES string of the molecule is CN(C)C1=NC(=O)C(N)C(N)=N1. The Labute approximate surface area is 69.9 Å². The number of amidine groups is 1. The fraction of sp³-hybridized carbons (Fsp3) is 0.500. The van der Waals surface area contributed by atoms with Crippen molar-refractivity contribution in [3.63, 3.8) is 0 Å². The number of carbonyl (C=O) groups is 1. The van der Waals surface area contributed by atoms with Crippen LogP contribution in [-0.4, -0.2) is 42.7 Å². The van der Waals surface area contributed by atoms with Crippen molar-refractivity contribution in [1.29, 1.82) is 0 Å². The van der Waals surface area contributed by atoms with E-state index < -0.39 is 11.9 Å². The maximum absolute atomic E-state index is 11.0. The van der Waals surface area contributed by atoms with Crippen LogP contribution in [-0.2, 0) is 4.79 Å². The Morgan fingerprint density at radius 1 is 1.42 bits per heavy atom. The highest BCUT2D eigenvalue weighted by Crippen LogP contribution is 1.98. The zero-order valence-corrected chi connectivity index (χ0v) is 6.98. The number of hydrogen-bond donors (Lipinski definition) is 2. The summed E-state index contributed by atoms with van der Waals surface area (Å²) < 4.78 is 0. The lowest BCUT2D eigenvalue weighted by Crippen LogP contribution is -2.47. The molecule has 0 saturated heterocycles. The van der Waals surface area contributed by atoms with Gasteiger partial charge >= 0.3 is 0 Å². The number of amides is 1. The van der Waals surface area contributed by atoms with E-state index in [4.69, 9.17) is 11.5 Å². The highest BCUT2D eigenvalue weighted by atomic mass is 16.1. The van der Waals surface area contributed by atoms with E-state index in [2.05, 4.69) is 9.98 Å². The Morgan fingerprint density at radius 2 is 2.00 bits per heavy atom. The van der Waals surface area contributed by atoms with Crippen molar-refractivity contribution in [2.24, 2.45) is 21.5 Å². The van der Waals surface area contributed by atoms with Gasteiger partial charge in [0.05, 0.1) is 0 Å². The molecule has 1 rings (SSSR count). The molecular formula is C6H11N5O. The molecule has 0 spiro atoms. The molecule has 1 amide bonds. The summed E-state index contributed by atoms with van der Waals surface area (Å²) in [5.41, 5.74) is 10.7. The van der Waals surface area contributed by atoms with Gasteiger partial charge in [-0.1, -0.05) is 0 Å². The van der Waals surface area contributed by atoms with Gasteiger partial charge in [-0.3, -0.25) is 4.79 Å². The topological polar surface area (TPSA) is 97.1 Å². The standard InChI is InChI=1S/C6H11N5O/c1-11(2)6-9-4(8)3(7)5(12)10-6/h3H,7H2,1-2H3,(H2,8,9,10,12). The van der Waals surface area contributed by atoms with Crippen molar-refractivity contribution >= 4 is 17.7 Å². The first-order valence-electron chi connectivity index (χ1n) is 3.42. The number of rotatable bonds is 0. The molecule has 0 radical (unpaired) electrons. The first-order valence-corrected chi connectivity index (χ1v) is 3.42. The summed E-state index contributed by atoms with van der Waals surface area (Å²) >= 11 is 0. The predicted molar refractivity (Wildman–Crippen MR) is 45.7 cm³/mol. The lowest BCUT2D eigenvalue weighted by atomic mass is 10.2. The van der Waals surface area contributed by atoms with Gasteiger partial charge in [-0.25, -0.2) is 0 Å². The summed E-state index contributed by atoms with van der Waals surface area (Å²) in [7, 11) is 3.44. The summed E-state index contributed by atoms with van der Waals surface area (Å²) in [5.74, 6) is -0.0518. The number of carbonyl (C=O) groups excluding carboxylic acids is 1. The first-order chi connectivity index (χ1) is 5.52. The van der Waals surface area contributed by atoms with Crippen LogP contribution in [0, 0.1) is 0 Å². The van der Waals surface area contributed by atoms with E-state index in [-0.39, 0.29) is 5.84 Å². The quantitative estimate of drug-likeness (QED) is 0.444. The van der Waals surface area contributed by atoms with Crippen LogP contribution in [0.1, 0.15) is 0 Å². The van der Waals surface area contributed by atoms with Crippen molar-refractivity contribution in [1.82, 2.24) is 4.90 Å². The molecule has 0 bridgehead atoms. The molecule has 1 aliphatic rings. The van der Waals surface area contributed by atoms with Gasteiger partial charge in [0.15, 0.2) is 0 Å². The summed E-state index contributed by atoms with van der Waals surface area (Å²) in [5, 5.41) is 0. The minimum Gasteiger partial charge on any atom is -0.385 e. The summed E-state index contributed by atoms with van der Waals surface area (Å²) in [6, 6.07) is -0.881. The Morgan fingerprint density at radius 3 is 2.42 bits per heavy atom. The van der Waals surface area contributed by atoms with Crippen LogP contribution in [0.5, 0.6) is 0 Å². The summed E-state index contributed by atoms with van der Waals surface area (Å²) in [4.78, 5) is 20.1. The third-order valence-corrected chi connectivity index (χ3v) is 1.42. The molecule has 4 N–H and O–H groups in total. The fourth-order valence-electron chi connectivity index (χ4n) is 0.705. The van der Waals surface area contributed by atoms with Gasteiger partial charge in [0.2, 0.25) is 5.96 Å². The van der Waals surface area contributed by atoms with Crippen LogP contribution < -0.4 is 11.5 Å². The van der Waals surface area contributed by atoms with Crippen LogP contribution in [0.15, 0.2) is 9.98 Å². The van der Waals surface area contributed by atoms with E-state index in [1.807, 2.05) is 0 Å². The van der Waals surface area contributed by atoms with Crippen LogP contribution in [0.25, 0.3) is 0 Å². The molecule has 1 aliphatic heterocycles. The first kappa shape index (κ1) is 8.66. The van der Waals surface area contributed by atoms with Crippen LogP contribution in [0.3, 0.4) is 0 Å². The lowest BCUT2D eigenvalue weighted by Gasteiger charge is -2.17. The minimum atomic E-state index is -0.881. The molecule has 0 saturated carbocycles. The molecule has 0 aromatic carbocycles. The van der Waals surface area contributed by atoms with Crippen LogP contribution in [0.4, 0.5) is 0 Å². The van der Waals surface area contributed by atoms with E-state index in [0.29, 0.717) is 5.96 Å². The third kappa shape index (κ3) is 1.42. The Kier molecular flexibility index (Phi) is 2.09. The van der Waals surface area contributed by atoms with E-state index in [9.17, 15) is 4.79 Å². The highest BCUT2D eigenvalue weighted by Gasteiger charge is 2.23. The normalized spacial score (nSPS) is 23.2. The average Bonchev–Trinajstić information content (AvgIpc) is 1.99. The molecule has 6 heteroatoms. The number of hydrogen-bond acceptors (Lipinski definition) is 5. The molecule has 66 valence electrons.